The highest BCUT2D eigenvalue weighted by Crippen LogP contribution is 2.28. The fraction of sp³-hybridized carbons (Fsp3) is 0.100. The number of aromatic carboxylic acids is 1. The largest absolute Gasteiger partial charge is 0.495 e. The first kappa shape index (κ1) is 16.5. The summed E-state index contributed by atoms with van der Waals surface area (Å²) in [7, 11) is 1.56. The van der Waals surface area contributed by atoms with Crippen molar-refractivity contribution in [1.29, 1.82) is 0 Å². The summed E-state index contributed by atoms with van der Waals surface area (Å²) < 4.78 is 10.9. The number of carbonyl (C=O) groups is 1. The number of carboxylic acids is 1. The van der Waals surface area contributed by atoms with Gasteiger partial charge in [0.1, 0.15) is 23.7 Å². The number of carboxylic acid groups (broad SMARTS) is 1. The van der Waals surface area contributed by atoms with Crippen LogP contribution in [0.3, 0.4) is 0 Å². The van der Waals surface area contributed by atoms with Crippen LogP contribution in [0.15, 0.2) is 67.0 Å². The van der Waals surface area contributed by atoms with Crippen molar-refractivity contribution in [2.75, 3.05) is 7.11 Å². The molecule has 5 nitrogen and oxygen atoms in total. The van der Waals surface area contributed by atoms with Gasteiger partial charge < -0.3 is 14.6 Å². The number of ether oxygens (including phenoxy) is 2. The Hall–Kier alpha value is -3.34. The molecule has 2 aromatic carbocycles. The van der Waals surface area contributed by atoms with E-state index in [1.54, 1.807) is 37.7 Å². The van der Waals surface area contributed by atoms with Crippen molar-refractivity contribution in [3.63, 3.8) is 0 Å². The second-order valence-electron chi connectivity index (χ2n) is 5.40. The Kier molecular flexibility index (Phi) is 4.95. The predicted octanol–water partition coefficient (Wildman–Crippen LogP) is 4.03. The van der Waals surface area contributed by atoms with Crippen LogP contribution in [0.25, 0.3) is 11.1 Å². The lowest BCUT2D eigenvalue weighted by Gasteiger charge is -2.11. The fourth-order valence-corrected chi connectivity index (χ4v) is 2.43. The molecule has 0 radical (unpaired) electrons. The van der Waals surface area contributed by atoms with Gasteiger partial charge in [0.2, 0.25) is 0 Å². The fourth-order valence-electron chi connectivity index (χ4n) is 2.43. The van der Waals surface area contributed by atoms with Crippen molar-refractivity contribution in [2.24, 2.45) is 0 Å². The summed E-state index contributed by atoms with van der Waals surface area (Å²) in [5.74, 6) is -0.101. The monoisotopic (exact) mass is 335 g/mol. The number of rotatable bonds is 6. The van der Waals surface area contributed by atoms with Crippen LogP contribution in [-0.2, 0) is 6.61 Å². The highest BCUT2D eigenvalue weighted by molar-refractivity contribution is 5.92. The molecular formula is C20H17NO4. The number of aromatic nitrogens is 1. The van der Waals surface area contributed by atoms with Crippen molar-refractivity contribution in [2.45, 2.75) is 6.61 Å². The molecule has 1 heterocycles. The third kappa shape index (κ3) is 3.95. The molecule has 0 saturated heterocycles. The van der Waals surface area contributed by atoms with Crippen molar-refractivity contribution >= 4 is 5.97 Å². The molecule has 1 N–H and O–H groups in total. The van der Waals surface area contributed by atoms with Crippen LogP contribution >= 0.6 is 0 Å². The lowest BCUT2D eigenvalue weighted by atomic mass is 10.0. The molecule has 0 spiro atoms. The van der Waals surface area contributed by atoms with Crippen molar-refractivity contribution < 1.29 is 19.4 Å². The lowest BCUT2D eigenvalue weighted by Crippen LogP contribution is -2.04. The van der Waals surface area contributed by atoms with Crippen LogP contribution in [0.2, 0.25) is 0 Å². The molecule has 0 saturated carbocycles. The van der Waals surface area contributed by atoms with Gasteiger partial charge in [-0.05, 0) is 29.3 Å². The van der Waals surface area contributed by atoms with Gasteiger partial charge in [0.25, 0.3) is 0 Å². The Morgan fingerprint density at radius 2 is 1.84 bits per heavy atom. The van der Waals surface area contributed by atoms with E-state index in [2.05, 4.69) is 4.98 Å². The average Bonchev–Trinajstić information content (AvgIpc) is 2.67. The zero-order chi connectivity index (χ0) is 17.6. The first-order valence-corrected chi connectivity index (χ1v) is 7.71. The Morgan fingerprint density at radius 3 is 2.56 bits per heavy atom. The van der Waals surface area contributed by atoms with E-state index in [4.69, 9.17) is 9.47 Å². The Labute approximate surface area is 145 Å². The summed E-state index contributed by atoms with van der Waals surface area (Å²) in [4.78, 5) is 15.7. The van der Waals surface area contributed by atoms with E-state index in [0.717, 1.165) is 16.7 Å². The number of hydrogen-bond donors (Lipinski definition) is 1. The maximum atomic E-state index is 11.6. The third-order valence-corrected chi connectivity index (χ3v) is 3.73. The quantitative estimate of drug-likeness (QED) is 0.736. The van der Waals surface area contributed by atoms with E-state index < -0.39 is 5.97 Å². The summed E-state index contributed by atoms with van der Waals surface area (Å²) in [5.41, 5.74) is 2.59. The Balaban J connectivity index is 1.88. The maximum absolute atomic E-state index is 11.6. The van der Waals surface area contributed by atoms with Gasteiger partial charge in [-0.3, -0.25) is 4.98 Å². The van der Waals surface area contributed by atoms with Crippen LogP contribution in [0.5, 0.6) is 11.5 Å². The topological polar surface area (TPSA) is 68.7 Å². The molecule has 25 heavy (non-hydrogen) atoms. The van der Waals surface area contributed by atoms with E-state index in [9.17, 15) is 9.90 Å². The van der Waals surface area contributed by atoms with Gasteiger partial charge in [0.05, 0.1) is 13.3 Å². The lowest BCUT2D eigenvalue weighted by molar-refractivity contribution is 0.0692. The van der Waals surface area contributed by atoms with Gasteiger partial charge in [-0.25, -0.2) is 4.79 Å². The summed E-state index contributed by atoms with van der Waals surface area (Å²) in [6.07, 6.45) is 3.26. The first-order chi connectivity index (χ1) is 12.2. The molecule has 1 aromatic heterocycles. The highest BCUT2D eigenvalue weighted by atomic mass is 16.5. The van der Waals surface area contributed by atoms with Gasteiger partial charge in [0.15, 0.2) is 0 Å². The molecule has 126 valence electrons. The van der Waals surface area contributed by atoms with E-state index in [1.807, 2.05) is 36.4 Å². The van der Waals surface area contributed by atoms with Gasteiger partial charge >= 0.3 is 5.97 Å². The number of hydrogen-bond acceptors (Lipinski definition) is 4. The molecule has 5 heteroatoms. The van der Waals surface area contributed by atoms with Gasteiger partial charge in [-0.2, -0.15) is 0 Å². The van der Waals surface area contributed by atoms with E-state index in [-0.39, 0.29) is 5.56 Å². The minimum Gasteiger partial charge on any atom is -0.495 e. The Morgan fingerprint density at radius 1 is 1.04 bits per heavy atom. The minimum absolute atomic E-state index is 0.108. The average molecular weight is 335 g/mol. The SMILES string of the molecule is COc1cncc(-c2ccc(OCc3ccccc3)c(C(=O)O)c2)c1. The zero-order valence-electron chi connectivity index (χ0n) is 13.7. The third-order valence-electron chi connectivity index (χ3n) is 3.73. The van der Waals surface area contributed by atoms with Crippen molar-refractivity contribution in [3.8, 4) is 22.6 Å². The number of benzene rings is 2. The molecule has 0 bridgehead atoms. The van der Waals surface area contributed by atoms with Gasteiger partial charge in [-0.15, -0.1) is 0 Å². The van der Waals surface area contributed by atoms with Crippen LogP contribution in [0, 0.1) is 0 Å². The summed E-state index contributed by atoms with van der Waals surface area (Å²) in [6.45, 7) is 0.307. The predicted molar refractivity (Wildman–Crippen MR) is 94.0 cm³/mol. The first-order valence-electron chi connectivity index (χ1n) is 7.71. The van der Waals surface area contributed by atoms with Crippen LogP contribution in [-0.4, -0.2) is 23.2 Å². The van der Waals surface area contributed by atoms with E-state index in [1.165, 1.54) is 0 Å². The molecular weight excluding hydrogens is 318 g/mol. The molecule has 0 atom stereocenters. The molecule has 3 rings (SSSR count). The van der Waals surface area contributed by atoms with E-state index >= 15 is 0 Å². The van der Waals surface area contributed by atoms with Crippen LogP contribution < -0.4 is 9.47 Å². The van der Waals surface area contributed by atoms with E-state index in [0.29, 0.717) is 18.1 Å². The second kappa shape index (κ2) is 7.49. The van der Waals surface area contributed by atoms with Crippen LogP contribution in [0.1, 0.15) is 15.9 Å². The standard InChI is InChI=1S/C20H17NO4/c1-24-17-9-16(11-21-12-17)15-7-8-19(18(10-15)20(22)23)25-13-14-5-3-2-4-6-14/h2-12H,13H2,1H3,(H,22,23). The highest BCUT2D eigenvalue weighted by Gasteiger charge is 2.14. The number of pyridine rings is 1. The normalized spacial score (nSPS) is 10.3. The van der Waals surface area contributed by atoms with Gasteiger partial charge in [-0.1, -0.05) is 36.4 Å². The maximum Gasteiger partial charge on any atom is 0.339 e. The minimum atomic E-state index is -1.04. The molecule has 0 aliphatic carbocycles. The van der Waals surface area contributed by atoms with Crippen LogP contribution in [0.4, 0.5) is 0 Å². The van der Waals surface area contributed by atoms with Gasteiger partial charge in [0, 0.05) is 11.8 Å². The zero-order valence-corrected chi connectivity index (χ0v) is 13.7. The summed E-state index contributed by atoms with van der Waals surface area (Å²) in [6, 6.07) is 16.5. The smallest absolute Gasteiger partial charge is 0.339 e. The van der Waals surface area contributed by atoms with Crippen molar-refractivity contribution in [3.05, 3.63) is 78.1 Å². The van der Waals surface area contributed by atoms with Crippen molar-refractivity contribution in [1.82, 2.24) is 4.98 Å². The molecule has 0 aliphatic heterocycles. The summed E-state index contributed by atoms with van der Waals surface area (Å²) >= 11 is 0. The Bertz CT molecular complexity index is 878. The summed E-state index contributed by atoms with van der Waals surface area (Å²) in [5, 5.41) is 9.51. The molecule has 0 aliphatic rings. The second-order valence-corrected chi connectivity index (χ2v) is 5.40. The molecule has 3 aromatic rings. The molecule has 0 unspecified atom stereocenters. The number of nitrogens with zero attached hydrogens (tertiary/aromatic N) is 1. The molecule has 0 amide bonds. The number of methoxy groups -OCH3 is 1. The molecule has 0 fully saturated rings.